The molecular weight excluding hydrogens is 122 g/mol. The molecule has 0 aliphatic rings. The summed E-state index contributed by atoms with van der Waals surface area (Å²) in [7, 11) is -1.63. The lowest BCUT2D eigenvalue weighted by molar-refractivity contribution is 0.175. The van der Waals surface area contributed by atoms with Gasteiger partial charge in [0.05, 0.1) is 0 Å². The zero-order chi connectivity index (χ0) is 6.78. The molecule has 0 fully saturated rings. The van der Waals surface area contributed by atoms with Gasteiger partial charge in [-0.05, 0) is 0 Å². The molecule has 0 aliphatic carbocycles. The molecule has 0 rings (SSSR count). The number of rotatable bonds is 1. The fourth-order valence-electron chi connectivity index (χ4n) is 0.306. The van der Waals surface area contributed by atoms with Crippen LogP contribution in [0, 0.1) is 0 Å². The summed E-state index contributed by atoms with van der Waals surface area (Å²) in [5, 5.41) is 9.83. The number of hydrogen-bond donors (Lipinski definition) is 1. The van der Waals surface area contributed by atoms with Gasteiger partial charge in [0.25, 0.3) is 0 Å². The lowest BCUT2D eigenvalue weighted by Crippen LogP contribution is -2.43. The predicted molar refractivity (Wildman–Crippen MR) is 32.6 cm³/mol. The summed E-state index contributed by atoms with van der Waals surface area (Å²) >= 11 is 0. The first-order valence-corrected chi connectivity index (χ1v) is 5.91. The first kappa shape index (κ1) is 7.49. The van der Waals surface area contributed by atoms with Crippen molar-refractivity contribution >= 4 is 14.3 Å². The highest BCUT2D eigenvalue weighted by molar-refractivity contribution is 6.75. The quantitative estimate of drug-likeness (QED) is 0.531. The monoisotopic (exact) mass is 132 g/mol. The summed E-state index contributed by atoms with van der Waals surface area (Å²) in [6.07, 6.45) is -1.16. The van der Waals surface area contributed by atoms with Crippen LogP contribution in [0.2, 0.25) is 19.6 Å². The lowest BCUT2D eigenvalue weighted by atomic mass is 11.3. The summed E-state index contributed by atoms with van der Waals surface area (Å²) in [4.78, 5) is 12.2. The second kappa shape index (κ2) is 2.17. The third kappa shape index (κ3) is 5.49. The van der Waals surface area contributed by atoms with Crippen LogP contribution < -0.4 is 4.98 Å². The van der Waals surface area contributed by atoms with Crippen molar-refractivity contribution in [3.8, 4) is 0 Å². The van der Waals surface area contributed by atoms with Crippen molar-refractivity contribution in [3.05, 3.63) is 0 Å². The number of nitrogens with one attached hydrogen (secondary N) is 1. The fraction of sp³-hybridized carbons (Fsp3) is 0.750. The Kier molecular flexibility index (Phi) is 2.03. The van der Waals surface area contributed by atoms with Gasteiger partial charge < -0.3 is 4.98 Å². The highest BCUT2D eigenvalue weighted by atomic mass is 28.3. The summed E-state index contributed by atoms with van der Waals surface area (Å²) in [5.41, 5.74) is 0. The molecule has 4 heteroatoms. The molecule has 3 nitrogen and oxygen atoms in total. The van der Waals surface area contributed by atoms with E-state index in [0.29, 0.717) is 0 Å². The Hall–Kier alpha value is -0.513. The second-order valence-electron chi connectivity index (χ2n) is 2.66. The summed E-state index contributed by atoms with van der Waals surface area (Å²) < 4.78 is 0. The molecule has 0 aromatic carbocycles. The molecule has 47 valence electrons. The minimum atomic E-state index is -1.63. The van der Waals surface area contributed by atoms with E-state index in [9.17, 15) is 9.90 Å². The molecule has 0 aliphatic heterocycles. The maximum atomic E-state index is 9.83. The standard InChI is InChI=1S/C4H10NO2Si/c1-8(2,3)5-4(6)7/h5H,1-3H3. The molecule has 1 radical (unpaired) electrons. The van der Waals surface area contributed by atoms with Gasteiger partial charge in [-0.2, -0.15) is 0 Å². The fourth-order valence-corrected chi connectivity index (χ4v) is 0.919. The van der Waals surface area contributed by atoms with Crippen LogP contribution in [-0.4, -0.2) is 14.3 Å². The smallest absolute Gasteiger partial charge is 0.346 e. The van der Waals surface area contributed by atoms with Crippen molar-refractivity contribution in [1.29, 1.82) is 0 Å². The highest BCUT2D eigenvalue weighted by Gasteiger charge is 2.15. The molecule has 1 N–H and O–H groups in total. The molecule has 1 amide bonds. The molecule has 0 bridgehead atoms. The zero-order valence-electron chi connectivity index (χ0n) is 5.32. The van der Waals surface area contributed by atoms with Gasteiger partial charge in [-0.1, -0.05) is 19.6 Å². The second-order valence-corrected chi connectivity index (χ2v) is 7.41. The molecule has 0 saturated carbocycles. The van der Waals surface area contributed by atoms with E-state index in [0.717, 1.165) is 0 Å². The Bertz CT molecular complexity index is 96.7. The Morgan fingerprint density at radius 1 is 1.38 bits per heavy atom. The molecule has 0 atom stereocenters. The van der Waals surface area contributed by atoms with Crippen molar-refractivity contribution in [2.45, 2.75) is 19.6 Å². The maximum absolute atomic E-state index is 9.83. The SMILES string of the molecule is C[Si](C)(C)NC([O])=O. The van der Waals surface area contributed by atoms with Gasteiger partial charge in [0.1, 0.15) is 0 Å². The average molecular weight is 132 g/mol. The number of carbonyl (C=O) groups is 1. The molecule has 0 spiro atoms. The molecule has 0 heterocycles. The van der Waals surface area contributed by atoms with Crippen molar-refractivity contribution in [1.82, 2.24) is 4.98 Å². The van der Waals surface area contributed by atoms with Crippen LogP contribution in [0.5, 0.6) is 0 Å². The van der Waals surface area contributed by atoms with Crippen molar-refractivity contribution < 1.29 is 9.90 Å². The number of hydrogen-bond acceptors (Lipinski definition) is 1. The molecule has 0 aromatic heterocycles. The van der Waals surface area contributed by atoms with E-state index in [1.165, 1.54) is 0 Å². The maximum Gasteiger partial charge on any atom is 0.442 e. The summed E-state index contributed by atoms with van der Waals surface area (Å²) in [5.74, 6) is 0. The van der Waals surface area contributed by atoms with E-state index >= 15 is 0 Å². The normalized spacial score (nSPS) is 10.9. The first-order chi connectivity index (χ1) is 3.42. The summed E-state index contributed by atoms with van der Waals surface area (Å²) in [6.45, 7) is 5.68. The Morgan fingerprint density at radius 2 is 1.75 bits per heavy atom. The Morgan fingerprint density at radius 3 is 1.75 bits per heavy atom. The van der Waals surface area contributed by atoms with Crippen LogP contribution >= 0.6 is 0 Å². The van der Waals surface area contributed by atoms with Gasteiger partial charge in [0.2, 0.25) is 0 Å². The van der Waals surface area contributed by atoms with Gasteiger partial charge in [-0.25, -0.2) is 9.90 Å². The van der Waals surface area contributed by atoms with Crippen molar-refractivity contribution in [2.75, 3.05) is 0 Å². The minimum absolute atomic E-state index is 1.16. The van der Waals surface area contributed by atoms with E-state index in [1.807, 2.05) is 19.6 Å². The summed E-state index contributed by atoms with van der Waals surface area (Å²) in [6, 6.07) is 0. The lowest BCUT2D eigenvalue weighted by Gasteiger charge is -2.12. The van der Waals surface area contributed by atoms with Crippen LogP contribution in [0.25, 0.3) is 0 Å². The van der Waals surface area contributed by atoms with Crippen LogP contribution in [-0.2, 0) is 5.11 Å². The largest absolute Gasteiger partial charge is 0.442 e. The minimum Gasteiger partial charge on any atom is -0.346 e. The third-order valence-electron chi connectivity index (χ3n) is 0.477. The van der Waals surface area contributed by atoms with E-state index in [-0.39, 0.29) is 0 Å². The van der Waals surface area contributed by atoms with Crippen LogP contribution in [0.3, 0.4) is 0 Å². The van der Waals surface area contributed by atoms with Crippen LogP contribution in [0.1, 0.15) is 0 Å². The van der Waals surface area contributed by atoms with Crippen LogP contribution in [0.4, 0.5) is 4.79 Å². The Balaban J connectivity index is 3.55. The molecule has 0 unspecified atom stereocenters. The number of amides is 1. The Labute approximate surface area is 49.8 Å². The van der Waals surface area contributed by atoms with E-state index in [2.05, 4.69) is 4.98 Å². The zero-order valence-corrected chi connectivity index (χ0v) is 6.32. The van der Waals surface area contributed by atoms with Gasteiger partial charge in [0.15, 0.2) is 8.24 Å². The van der Waals surface area contributed by atoms with E-state index < -0.39 is 14.3 Å². The molecule has 0 saturated heterocycles. The van der Waals surface area contributed by atoms with Gasteiger partial charge in [0, 0.05) is 0 Å². The molecule has 0 aromatic rings. The predicted octanol–water partition coefficient (Wildman–Crippen LogP) is 0.961. The molecule has 8 heavy (non-hydrogen) atoms. The van der Waals surface area contributed by atoms with Crippen LogP contribution in [0.15, 0.2) is 0 Å². The van der Waals surface area contributed by atoms with Gasteiger partial charge in [-0.3, -0.25) is 0 Å². The van der Waals surface area contributed by atoms with E-state index in [1.54, 1.807) is 0 Å². The number of carbonyl (C=O) groups excluding carboxylic acids is 1. The van der Waals surface area contributed by atoms with Crippen molar-refractivity contribution in [3.63, 3.8) is 0 Å². The third-order valence-corrected chi connectivity index (χ3v) is 1.43. The first-order valence-electron chi connectivity index (χ1n) is 2.41. The average Bonchev–Trinajstić information content (AvgIpc) is 1.21. The van der Waals surface area contributed by atoms with Gasteiger partial charge >= 0.3 is 6.09 Å². The molecular formula is C4H10NO2Si. The topological polar surface area (TPSA) is 49.0 Å². The van der Waals surface area contributed by atoms with Crippen molar-refractivity contribution in [2.24, 2.45) is 0 Å². The van der Waals surface area contributed by atoms with E-state index in [4.69, 9.17) is 0 Å². The highest BCUT2D eigenvalue weighted by Crippen LogP contribution is 1.92. The van der Waals surface area contributed by atoms with Gasteiger partial charge in [-0.15, -0.1) is 0 Å².